The number of nitrogens with two attached hydrogens (primary N) is 1. The Balaban J connectivity index is 2.21. The van der Waals surface area contributed by atoms with Crippen LogP contribution >= 0.6 is 0 Å². The largest absolute Gasteiger partial charge is 0.330 e. The molecule has 1 fully saturated rings. The highest BCUT2D eigenvalue weighted by atomic mass is 15.2. The molecule has 1 saturated heterocycles. The Morgan fingerprint density at radius 3 is 2.39 bits per heavy atom. The van der Waals surface area contributed by atoms with E-state index in [0.29, 0.717) is 12.0 Å². The van der Waals surface area contributed by atoms with Crippen LogP contribution in [0.5, 0.6) is 0 Å². The molecule has 2 heteroatoms. The fourth-order valence-corrected chi connectivity index (χ4v) is 3.44. The highest BCUT2D eigenvalue weighted by molar-refractivity contribution is 5.39. The third-order valence-electron chi connectivity index (χ3n) is 4.35. The van der Waals surface area contributed by atoms with E-state index in [9.17, 15) is 0 Å². The molecule has 0 amide bonds. The first-order chi connectivity index (χ1) is 8.52. The number of nitrogens with zero attached hydrogens (tertiary/aromatic N) is 1. The second-order valence-corrected chi connectivity index (χ2v) is 5.87. The Bertz CT molecular complexity index is 402. The number of hydrogen-bond donors (Lipinski definition) is 1. The first kappa shape index (κ1) is 13.6. The third-order valence-corrected chi connectivity index (χ3v) is 4.35. The molecule has 1 aliphatic heterocycles. The molecule has 2 atom stereocenters. The molecule has 100 valence electrons. The van der Waals surface area contributed by atoms with Gasteiger partial charge in [0.15, 0.2) is 0 Å². The van der Waals surface area contributed by atoms with Gasteiger partial charge < -0.3 is 5.73 Å². The van der Waals surface area contributed by atoms with Gasteiger partial charge in [-0.25, -0.2) is 0 Å². The van der Waals surface area contributed by atoms with Crippen molar-refractivity contribution in [2.24, 2.45) is 11.7 Å². The van der Waals surface area contributed by atoms with E-state index in [1.54, 1.807) is 0 Å². The molecule has 0 bridgehead atoms. The van der Waals surface area contributed by atoms with Crippen LogP contribution in [-0.2, 0) is 0 Å². The minimum Gasteiger partial charge on any atom is -0.330 e. The molecule has 1 aliphatic rings. The van der Waals surface area contributed by atoms with Crippen molar-refractivity contribution in [3.8, 4) is 0 Å². The van der Waals surface area contributed by atoms with Crippen LogP contribution in [0.25, 0.3) is 0 Å². The van der Waals surface area contributed by atoms with Gasteiger partial charge in [-0.2, -0.15) is 0 Å². The minimum atomic E-state index is 0.516. The van der Waals surface area contributed by atoms with Crippen molar-refractivity contribution in [1.82, 2.24) is 4.90 Å². The first-order valence-corrected chi connectivity index (χ1v) is 7.04. The van der Waals surface area contributed by atoms with Crippen molar-refractivity contribution < 1.29 is 0 Å². The van der Waals surface area contributed by atoms with Gasteiger partial charge >= 0.3 is 0 Å². The lowest BCUT2D eigenvalue weighted by atomic mass is 9.94. The van der Waals surface area contributed by atoms with Crippen LogP contribution in [0.1, 0.15) is 41.6 Å². The van der Waals surface area contributed by atoms with Gasteiger partial charge in [-0.15, -0.1) is 0 Å². The first-order valence-electron chi connectivity index (χ1n) is 7.04. The fraction of sp³-hybridized carbons (Fsp3) is 0.625. The molecule has 0 saturated carbocycles. The van der Waals surface area contributed by atoms with Gasteiger partial charge in [-0.3, -0.25) is 4.90 Å². The number of rotatable bonds is 3. The van der Waals surface area contributed by atoms with Crippen molar-refractivity contribution in [3.05, 3.63) is 34.4 Å². The predicted octanol–water partition coefficient (Wildman–Crippen LogP) is 2.95. The number of hydrogen-bond acceptors (Lipinski definition) is 2. The zero-order chi connectivity index (χ0) is 13.3. The highest BCUT2D eigenvalue weighted by Crippen LogP contribution is 2.31. The van der Waals surface area contributed by atoms with E-state index in [1.165, 1.54) is 35.2 Å². The molecular formula is C16H26N2. The summed E-state index contributed by atoms with van der Waals surface area (Å²) in [5.41, 5.74) is 11.5. The number of aryl methyl sites for hydroxylation is 3. The van der Waals surface area contributed by atoms with Crippen molar-refractivity contribution in [2.45, 2.75) is 40.2 Å². The molecule has 1 aromatic rings. The summed E-state index contributed by atoms with van der Waals surface area (Å²) < 4.78 is 0. The smallest absolute Gasteiger partial charge is 0.0325 e. The van der Waals surface area contributed by atoms with E-state index in [4.69, 9.17) is 5.73 Å². The van der Waals surface area contributed by atoms with Crippen molar-refractivity contribution in [1.29, 1.82) is 0 Å². The minimum absolute atomic E-state index is 0.516. The average molecular weight is 246 g/mol. The summed E-state index contributed by atoms with van der Waals surface area (Å²) in [6, 6.07) is 5.12. The second kappa shape index (κ2) is 5.41. The van der Waals surface area contributed by atoms with Crippen LogP contribution < -0.4 is 5.73 Å². The Morgan fingerprint density at radius 1 is 1.28 bits per heavy atom. The van der Waals surface area contributed by atoms with E-state index in [2.05, 4.69) is 44.7 Å². The monoisotopic (exact) mass is 246 g/mol. The van der Waals surface area contributed by atoms with Crippen molar-refractivity contribution in [2.75, 3.05) is 19.6 Å². The second-order valence-electron chi connectivity index (χ2n) is 5.87. The molecule has 0 spiro atoms. The van der Waals surface area contributed by atoms with Gasteiger partial charge in [0.05, 0.1) is 0 Å². The van der Waals surface area contributed by atoms with Crippen molar-refractivity contribution >= 4 is 0 Å². The maximum Gasteiger partial charge on any atom is 0.0325 e. The molecule has 2 unspecified atom stereocenters. The molecular weight excluding hydrogens is 220 g/mol. The lowest BCUT2D eigenvalue weighted by Gasteiger charge is -2.28. The van der Waals surface area contributed by atoms with E-state index >= 15 is 0 Å². The van der Waals surface area contributed by atoms with E-state index in [1.807, 2.05) is 0 Å². The molecule has 0 radical (unpaired) electrons. The van der Waals surface area contributed by atoms with Crippen LogP contribution in [-0.4, -0.2) is 24.5 Å². The SMILES string of the molecule is Cc1cc(C)c(C(C)N2CCC(CN)C2)c(C)c1. The molecule has 18 heavy (non-hydrogen) atoms. The van der Waals surface area contributed by atoms with Gasteiger partial charge in [0.2, 0.25) is 0 Å². The fourth-order valence-electron chi connectivity index (χ4n) is 3.44. The van der Waals surface area contributed by atoms with E-state index in [0.717, 1.165) is 13.1 Å². The molecule has 2 N–H and O–H groups in total. The van der Waals surface area contributed by atoms with Crippen molar-refractivity contribution in [3.63, 3.8) is 0 Å². The summed E-state index contributed by atoms with van der Waals surface area (Å²) in [5, 5.41) is 0. The zero-order valence-corrected chi connectivity index (χ0v) is 12.2. The molecule has 2 rings (SSSR count). The maximum atomic E-state index is 5.79. The standard InChI is InChI=1S/C16H26N2/c1-11-7-12(2)16(13(3)8-11)14(4)18-6-5-15(9-17)10-18/h7-8,14-15H,5-6,9-10,17H2,1-4H3. The Morgan fingerprint density at radius 2 is 1.89 bits per heavy atom. The summed E-state index contributed by atoms with van der Waals surface area (Å²) in [6.07, 6.45) is 1.25. The van der Waals surface area contributed by atoms with Gasteiger partial charge in [0.25, 0.3) is 0 Å². The number of likely N-dealkylation sites (tertiary alicyclic amines) is 1. The Hall–Kier alpha value is -0.860. The van der Waals surface area contributed by atoms with Crippen LogP contribution in [0, 0.1) is 26.7 Å². The highest BCUT2D eigenvalue weighted by Gasteiger charge is 2.27. The summed E-state index contributed by atoms with van der Waals surface area (Å²) in [5.74, 6) is 0.693. The summed E-state index contributed by atoms with van der Waals surface area (Å²) >= 11 is 0. The zero-order valence-electron chi connectivity index (χ0n) is 12.2. The maximum absolute atomic E-state index is 5.79. The normalized spacial score (nSPS) is 22.4. The quantitative estimate of drug-likeness (QED) is 0.888. The van der Waals surface area contributed by atoms with Crippen LogP contribution in [0.4, 0.5) is 0 Å². The van der Waals surface area contributed by atoms with Gasteiger partial charge in [0.1, 0.15) is 0 Å². The summed E-state index contributed by atoms with van der Waals surface area (Å²) in [6.45, 7) is 12.2. The van der Waals surface area contributed by atoms with E-state index in [-0.39, 0.29) is 0 Å². The Kier molecular flexibility index (Phi) is 4.08. The van der Waals surface area contributed by atoms with Gasteiger partial charge in [-0.05, 0) is 69.8 Å². The van der Waals surface area contributed by atoms with Crippen LogP contribution in [0.15, 0.2) is 12.1 Å². The molecule has 0 aromatic heterocycles. The van der Waals surface area contributed by atoms with E-state index < -0.39 is 0 Å². The summed E-state index contributed by atoms with van der Waals surface area (Å²) in [7, 11) is 0. The van der Waals surface area contributed by atoms with Crippen LogP contribution in [0.2, 0.25) is 0 Å². The van der Waals surface area contributed by atoms with Crippen LogP contribution in [0.3, 0.4) is 0 Å². The average Bonchev–Trinajstić information content (AvgIpc) is 2.75. The van der Waals surface area contributed by atoms with Gasteiger partial charge in [-0.1, -0.05) is 17.7 Å². The lowest BCUT2D eigenvalue weighted by molar-refractivity contribution is 0.252. The molecule has 0 aliphatic carbocycles. The molecule has 1 aromatic carbocycles. The third kappa shape index (κ3) is 2.60. The predicted molar refractivity (Wildman–Crippen MR) is 77.8 cm³/mol. The number of benzene rings is 1. The molecule has 2 nitrogen and oxygen atoms in total. The molecule has 1 heterocycles. The topological polar surface area (TPSA) is 29.3 Å². The van der Waals surface area contributed by atoms with Gasteiger partial charge in [0, 0.05) is 12.6 Å². The lowest BCUT2D eigenvalue weighted by Crippen LogP contribution is -2.27. The summed E-state index contributed by atoms with van der Waals surface area (Å²) in [4.78, 5) is 2.59. The Labute approximate surface area is 111 Å².